The Hall–Kier alpha value is -4.67. The van der Waals surface area contributed by atoms with Gasteiger partial charge in [-0.3, -0.25) is 28.5 Å². The maximum atomic E-state index is 14.9. The molecule has 0 radical (unpaired) electrons. The third-order valence-corrected chi connectivity index (χ3v) is 15.0. The van der Waals surface area contributed by atoms with Crippen molar-refractivity contribution in [3.63, 3.8) is 0 Å². The van der Waals surface area contributed by atoms with Crippen LogP contribution in [0.5, 0.6) is 11.8 Å². The molecule has 16 nitrogen and oxygen atoms in total. The Kier molecular flexibility index (Phi) is 11.2. The van der Waals surface area contributed by atoms with Gasteiger partial charge in [0.1, 0.15) is 35.6 Å². The fourth-order valence-corrected chi connectivity index (χ4v) is 11.0. The number of carbonyl (C=O) groups is 4. The van der Waals surface area contributed by atoms with Gasteiger partial charge in [0.25, 0.3) is 17.5 Å². The molecule has 17 heteroatoms. The SMILES string of the molecule is C=C[C@@H]1C[C@]1(NC(=O)[C@@H]1C[C@@H]2CN1C(=O)[C@H](C1CCCC1)NC(=O)O[C@@H]1CCC[C@H]1CCCCCn1c(nc3cc(OC)ccc3c1=O)O2)C(=O)NS(=O)(=O)C1CC1. The molecule has 1 aromatic heterocycles. The highest BCUT2D eigenvalue weighted by Gasteiger charge is 2.62. The van der Waals surface area contributed by atoms with Gasteiger partial charge in [-0.05, 0) is 88.2 Å². The van der Waals surface area contributed by atoms with Crippen LogP contribution in [-0.2, 0) is 35.7 Å². The first-order valence-corrected chi connectivity index (χ1v) is 22.5. The summed E-state index contributed by atoms with van der Waals surface area (Å²) in [5, 5.41) is 5.48. The summed E-state index contributed by atoms with van der Waals surface area (Å²) in [6.45, 7) is 4.03. The van der Waals surface area contributed by atoms with Gasteiger partial charge in [-0.25, -0.2) is 13.2 Å². The van der Waals surface area contributed by atoms with Crippen molar-refractivity contribution in [3.05, 3.63) is 41.2 Å². The number of methoxy groups -OCH3 is 1. The van der Waals surface area contributed by atoms with Crippen LogP contribution in [0.1, 0.15) is 96.3 Å². The molecule has 7 atom stereocenters. The third kappa shape index (κ3) is 8.02. The molecule has 3 heterocycles. The topological polar surface area (TPSA) is 204 Å². The van der Waals surface area contributed by atoms with E-state index in [-0.39, 0.29) is 48.9 Å². The first kappa shape index (κ1) is 40.1. The third-order valence-electron chi connectivity index (χ3n) is 13.2. The highest BCUT2D eigenvalue weighted by atomic mass is 32.2. The molecule has 2 bridgehead atoms. The smallest absolute Gasteiger partial charge is 0.408 e. The summed E-state index contributed by atoms with van der Waals surface area (Å²) in [7, 11) is -2.40. The number of carbonyl (C=O) groups excluding carboxylic acids is 4. The van der Waals surface area contributed by atoms with Gasteiger partial charge in [0.2, 0.25) is 21.8 Å². The maximum Gasteiger partial charge on any atom is 0.408 e. The molecule has 4 aliphatic carbocycles. The lowest BCUT2D eigenvalue weighted by atomic mass is 9.96. The van der Waals surface area contributed by atoms with Crippen LogP contribution in [0.4, 0.5) is 4.79 Å². The largest absolute Gasteiger partial charge is 0.497 e. The molecular weight excluding hydrogens is 769 g/mol. The second kappa shape index (κ2) is 16.2. The lowest BCUT2D eigenvalue weighted by Gasteiger charge is -2.32. The normalized spacial score (nSPS) is 30.8. The number of ether oxygens (including phenoxy) is 3. The number of nitrogens with one attached hydrogen (secondary N) is 3. The second-order valence-electron chi connectivity index (χ2n) is 17.0. The number of fused-ring (bicyclic) bond motifs is 5. The monoisotopic (exact) mass is 822 g/mol. The summed E-state index contributed by atoms with van der Waals surface area (Å²) >= 11 is 0. The maximum absolute atomic E-state index is 14.9. The van der Waals surface area contributed by atoms with Crippen LogP contribution in [0.3, 0.4) is 0 Å². The Morgan fingerprint density at radius 2 is 1.72 bits per heavy atom. The molecular formula is C41H54N6O10S. The Morgan fingerprint density at radius 3 is 2.45 bits per heavy atom. The van der Waals surface area contributed by atoms with Crippen LogP contribution in [0.15, 0.2) is 35.6 Å². The van der Waals surface area contributed by atoms with Gasteiger partial charge in [-0.1, -0.05) is 31.8 Å². The van der Waals surface area contributed by atoms with Crippen molar-refractivity contribution in [1.82, 2.24) is 29.8 Å². The van der Waals surface area contributed by atoms with Crippen LogP contribution >= 0.6 is 0 Å². The van der Waals surface area contributed by atoms with Crippen LogP contribution in [0.25, 0.3) is 10.9 Å². The van der Waals surface area contributed by atoms with Crippen molar-refractivity contribution in [3.8, 4) is 11.8 Å². The minimum Gasteiger partial charge on any atom is -0.497 e. The number of nitrogens with zero attached hydrogens (tertiary/aromatic N) is 3. The van der Waals surface area contributed by atoms with Gasteiger partial charge in [0.15, 0.2) is 0 Å². The van der Waals surface area contributed by atoms with Crippen LogP contribution < -0.4 is 30.4 Å². The first-order valence-electron chi connectivity index (χ1n) is 20.9. The molecule has 2 aliphatic heterocycles. The van der Waals surface area contributed by atoms with Crippen LogP contribution in [0, 0.1) is 17.8 Å². The van der Waals surface area contributed by atoms with Gasteiger partial charge in [-0.15, -0.1) is 6.58 Å². The van der Waals surface area contributed by atoms with Crippen molar-refractivity contribution in [2.75, 3.05) is 13.7 Å². The Bertz CT molecular complexity index is 2130. The number of alkyl carbamates (subject to hydrolysis) is 1. The fraction of sp³-hybridized carbons (Fsp3) is 0.659. The summed E-state index contributed by atoms with van der Waals surface area (Å²) < 4.78 is 47.3. The van der Waals surface area contributed by atoms with E-state index in [0.717, 1.165) is 51.4 Å². The zero-order valence-corrected chi connectivity index (χ0v) is 33.8. The van der Waals surface area contributed by atoms with Crippen molar-refractivity contribution in [1.29, 1.82) is 0 Å². The molecule has 4 amide bonds. The molecule has 5 fully saturated rings. The van der Waals surface area contributed by atoms with E-state index in [9.17, 15) is 32.4 Å². The van der Waals surface area contributed by atoms with Gasteiger partial charge in [-0.2, -0.15) is 4.98 Å². The zero-order valence-electron chi connectivity index (χ0n) is 33.0. The Labute approximate surface area is 337 Å². The quantitative estimate of drug-likeness (QED) is 0.329. The van der Waals surface area contributed by atoms with Crippen molar-refractivity contribution >= 4 is 44.7 Å². The Balaban J connectivity index is 1.14. The lowest BCUT2D eigenvalue weighted by Crippen LogP contribution is -2.59. The first-order chi connectivity index (χ1) is 27.9. The highest BCUT2D eigenvalue weighted by molar-refractivity contribution is 7.91. The number of amides is 4. The molecule has 8 rings (SSSR count). The summed E-state index contributed by atoms with van der Waals surface area (Å²) in [4.78, 5) is 76.9. The van der Waals surface area contributed by atoms with Crippen molar-refractivity contribution in [2.45, 2.75) is 138 Å². The number of hydrogen-bond donors (Lipinski definition) is 3. The number of aromatic nitrogens is 2. The molecule has 3 N–H and O–H groups in total. The van der Waals surface area contributed by atoms with Crippen molar-refractivity contribution in [2.24, 2.45) is 17.8 Å². The minimum absolute atomic E-state index is 0.0357. The molecule has 58 heavy (non-hydrogen) atoms. The van der Waals surface area contributed by atoms with E-state index >= 15 is 0 Å². The molecule has 1 saturated heterocycles. The van der Waals surface area contributed by atoms with Gasteiger partial charge in [0, 0.05) is 24.9 Å². The van der Waals surface area contributed by atoms with Crippen LogP contribution in [-0.4, -0.2) is 95.4 Å². The highest BCUT2D eigenvalue weighted by Crippen LogP contribution is 2.46. The van der Waals surface area contributed by atoms with E-state index in [1.807, 2.05) is 0 Å². The summed E-state index contributed by atoms with van der Waals surface area (Å²) in [5.41, 5.74) is -1.50. The Morgan fingerprint density at radius 1 is 0.983 bits per heavy atom. The van der Waals surface area contributed by atoms with Gasteiger partial charge < -0.3 is 29.7 Å². The average Bonchev–Trinajstić information content (AvgIpc) is 3.99. The molecule has 2 aromatic rings. The van der Waals surface area contributed by atoms with E-state index in [4.69, 9.17) is 19.2 Å². The molecule has 1 aromatic carbocycles. The van der Waals surface area contributed by atoms with E-state index in [1.165, 1.54) is 22.7 Å². The zero-order chi connectivity index (χ0) is 40.8. The van der Waals surface area contributed by atoms with E-state index in [0.29, 0.717) is 55.3 Å². The average molecular weight is 823 g/mol. The van der Waals surface area contributed by atoms with E-state index in [2.05, 4.69) is 21.9 Å². The molecule has 4 saturated carbocycles. The minimum atomic E-state index is -3.92. The summed E-state index contributed by atoms with van der Waals surface area (Å²) in [6.07, 6.45) is 9.72. The number of sulfonamides is 1. The van der Waals surface area contributed by atoms with Crippen molar-refractivity contribution < 1.29 is 41.8 Å². The van der Waals surface area contributed by atoms with Gasteiger partial charge in [0.05, 0.1) is 29.8 Å². The second-order valence-corrected chi connectivity index (χ2v) is 19.0. The predicted molar refractivity (Wildman–Crippen MR) is 211 cm³/mol. The summed E-state index contributed by atoms with van der Waals surface area (Å²) in [5.74, 6) is -2.06. The molecule has 0 spiro atoms. The standard InChI is InChI=1S/C41H54N6O10S/c1-3-26-22-41(26,38(51)45-58(53,54)29-16-17-29)44-35(48)32-21-28-23-47(32)37(50)34(25-11-6-7-12-25)43-40(52)57-33-14-9-13-24(33)10-5-4-8-19-46-36(49)30-18-15-27(55-2)20-31(30)42-39(46)56-28/h3,15,18,20,24-26,28-29,32-34H,1,4-14,16-17,19,21-23H2,2H3,(H,43,52)(H,44,48)(H,45,51)/t24-,26-,28-,32+,33-,34+,41-/m1/s1. The number of hydrogen-bond acceptors (Lipinski definition) is 11. The summed E-state index contributed by atoms with van der Waals surface area (Å²) in [6, 6.07) is 2.90. The van der Waals surface area contributed by atoms with Gasteiger partial charge >= 0.3 is 6.09 Å². The van der Waals surface area contributed by atoms with E-state index in [1.54, 1.807) is 18.2 Å². The lowest BCUT2D eigenvalue weighted by molar-refractivity contribution is -0.142. The predicted octanol–water partition coefficient (Wildman–Crippen LogP) is 3.45. The number of benzene rings is 1. The van der Waals surface area contributed by atoms with Crippen LogP contribution in [0.2, 0.25) is 0 Å². The fourth-order valence-electron chi connectivity index (χ4n) is 9.63. The number of rotatable bonds is 8. The molecule has 0 unspecified atom stereocenters. The molecule has 6 aliphatic rings. The van der Waals surface area contributed by atoms with E-state index < -0.39 is 68.7 Å². The molecule has 314 valence electrons.